The van der Waals surface area contributed by atoms with E-state index < -0.39 is 0 Å². The summed E-state index contributed by atoms with van der Waals surface area (Å²) >= 11 is 5.90. The van der Waals surface area contributed by atoms with Crippen LogP contribution in [0.2, 0.25) is 5.02 Å². The number of nitrogens with one attached hydrogen (secondary N) is 1. The maximum Gasteiger partial charge on any atom is 0.292 e. The molecule has 3 aromatic heterocycles. The highest BCUT2D eigenvalue weighted by Crippen LogP contribution is 2.25. The predicted molar refractivity (Wildman–Crippen MR) is 113 cm³/mol. The molecule has 1 N–H and O–H groups in total. The van der Waals surface area contributed by atoms with Gasteiger partial charge < -0.3 is 19.1 Å². The van der Waals surface area contributed by atoms with Crippen molar-refractivity contribution in [3.63, 3.8) is 0 Å². The molecule has 0 bridgehead atoms. The van der Waals surface area contributed by atoms with E-state index in [1.54, 1.807) is 24.3 Å². The lowest BCUT2D eigenvalue weighted by Gasteiger charge is -2.19. The molecule has 1 aromatic carbocycles. The zero-order valence-corrected chi connectivity index (χ0v) is 17.0. The lowest BCUT2D eigenvalue weighted by atomic mass is 10.2. The third kappa shape index (κ3) is 3.50. The minimum atomic E-state index is -0.351. The number of halogens is 1. The number of benzene rings is 1. The molecule has 30 heavy (non-hydrogen) atoms. The molecule has 0 unspecified atom stereocenters. The van der Waals surface area contributed by atoms with E-state index in [1.807, 2.05) is 31.5 Å². The summed E-state index contributed by atoms with van der Waals surface area (Å²) in [5.74, 6) is 0.877. The fraction of sp³-hybridized carbons (Fsp3) is 0.238. The van der Waals surface area contributed by atoms with Gasteiger partial charge in [0.15, 0.2) is 5.82 Å². The van der Waals surface area contributed by atoms with E-state index in [1.165, 1.54) is 0 Å². The second-order valence-electron chi connectivity index (χ2n) is 7.34. The molecule has 0 aliphatic carbocycles. The fourth-order valence-corrected chi connectivity index (χ4v) is 3.85. The second-order valence-corrected chi connectivity index (χ2v) is 7.78. The molecule has 9 heteroatoms. The molecule has 0 radical (unpaired) electrons. The first-order valence-electron chi connectivity index (χ1n) is 9.66. The van der Waals surface area contributed by atoms with E-state index in [4.69, 9.17) is 21.1 Å². The van der Waals surface area contributed by atoms with Crippen LogP contribution in [0.25, 0.3) is 17.0 Å². The fourth-order valence-electron chi connectivity index (χ4n) is 3.73. The molecule has 4 aromatic rings. The van der Waals surface area contributed by atoms with Crippen LogP contribution in [0, 0.1) is 6.92 Å². The average Bonchev–Trinajstić information content (AvgIpc) is 3.48. The number of carbonyl (C=O) groups is 1. The quantitative estimate of drug-likeness (QED) is 0.542. The maximum atomic E-state index is 12.6. The first-order chi connectivity index (χ1) is 14.6. The number of aromatic nitrogens is 4. The predicted octanol–water partition coefficient (Wildman–Crippen LogP) is 3.35. The Bertz CT molecular complexity index is 1220. The molecule has 8 nitrogen and oxygen atoms in total. The molecule has 4 heterocycles. The number of amides is 1. The smallest absolute Gasteiger partial charge is 0.292 e. The molecule has 152 valence electrons. The van der Waals surface area contributed by atoms with Crippen LogP contribution in [0.3, 0.4) is 0 Å². The van der Waals surface area contributed by atoms with E-state index in [0.29, 0.717) is 17.1 Å². The van der Waals surface area contributed by atoms with E-state index in [9.17, 15) is 4.79 Å². The van der Waals surface area contributed by atoms with Crippen LogP contribution in [0.5, 0.6) is 0 Å². The van der Waals surface area contributed by atoms with Gasteiger partial charge >= 0.3 is 0 Å². The lowest BCUT2D eigenvalue weighted by Crippen LogP contribution is -2.37. The number of fused-ring (bicyclic) bond motifs is 1. The van der Waals surface area contributed by atoms with Crippen LogP contribution in [0.15, 0.2) is 53.3 Å². The van der Waals surface area contributed by atoms with Crippen molar-refractivity contribution < 1.29 is 9.32 Å². The standard InChI is InChI=1S/C21H19ClN6O2/c1-13-11-27-9-2-3-17(27)19(23-13)28-10-8-16(12-28)24-20(29)18-25-21(30-26-18)14-4-6-15(22)7-5-14/h2-7,9,11,16H,8,10,12H2,1H3,(H,24,29)/t16-/m0/s1. The zero-order valence-electron chi connectivity index (χ0n) is 16.2. The first kappa shape index (κ1) is 18.6. The molecule has 0 spiro atoms. The highest BCUT2D eigenvalue weighted by atomic mass is 35.5. The monoisotopic (exact) mass is 422 g/mol. The van der Waals surface area contributed by atoms with Gasteiger partial charge in [-0.3, -0.25) is 4.79 Å². The van der Waals surface area contributed by atoms with E-state index in [0.717, 1.165) is 30.0 Å². The van der Waals surface area contributed by atoms with Gasteiger partial charge in [0.2, 0.25) is 0 Å². The van der Waals surface area contributed by atoms with Crippen molar-refractivity contribution >= 4 is 28.8 Å². The van der Waals surface area contributed by atoms with Gasteiger partial charge in [-0.2, -0.15) is 4.98 Å². The first-order valence-corrected chi connectivity index (χ1v) is 10.0. The molecule has 1 aliphatic rings. The third-order valence-electron chi connectivity index (χ3n) is 5.16. The molecular formula is C21H19ClN6O2. The summed E-state index contributed by atoms with van der Waals surface area (Å²) in [6.07, 6.45) is 4.83. The summed E-state index contributed by atoms with van der Waals surface area (Å²) < 4.78 is 7.30. The highest BCUT2D eigenvalue weighted by molar-refractivity contribution is 6.30. The molecule has 1 aliphatic heterocycles. The van der Waals surface area contributed by atoms with Crippen molar-refractivity contribution in [3.8, 4) is 11.5 Å². The molecule has 1 amide bonds. The van der Waals surface area contributed by atoms with Crippen LogP contribution < -0.4 is 10.2 Å². The average molecular weight is 423 g/mol. The van der Waals surface area contributed by atoms with Crippen LogP contribution >= 0.6 is 11.6 Å². The van der Waals surface area contributed by atoms with E-state index >= 15 is 0 Å². The SMILES string of the molecule is Cc1cn2cccc2c(N2CC[C@H](NC(=O)c3noc(-c4ccc(Cl)cc4)n3)C2)n1. The summed E-state index contributed by atoms with van der Waals surface area (Å²) in [5, 5.41) is 7.44. The van der Waals surface area contributed by atoms with Gasteiger partial charge in [-0.1, -0.05) is 16.8 Å². The van der Waals surface area contributed by atoms with Crippen molar-refractivity contribution in [2.24, 2.45) is 0 Å². The van der Waals surface area contributed by atoms with E-state index in [2.05, 4.69) is 24.8 Å². The Labute approximate surface area is 177 Å². The largest absolute Gasteiger partial charge is 0.353 e. The Morgan fingerprint density at radius 1 is 1.23 bits per heavy atom. The molecular weight excluding hydrogens is 404 g/mol. The topological polar surface area (TPSA) is 88.6 Å². The Morgan fingerprint density at radius 2 is 2.07 bits per heavy atom. The zero-order chi connectivity index (χ0) is 20.7. The Morgan fingerprint density at radius 3 is 2.90 bits per heavy atom. The Balaban J connectivity index is 1.27. The van der Waals surface area contributed by atoms with Gasteiger partial charge in [0, 0.05) is 42.1 Å². The Kier molecular flexibility index (Phi) is 4.63. The number of hydrogen-bond acceptors (Lipinski definition) is 6. The molecule has 1 fully saturated rings. The normalized spacial score (nSPS) is 16.3. The van der Waals surface area contributed by atoms with Crippen molar-refractivity contribution in [2.75, 3.05) is 18.0 Å². The number of hydrogen-bond donors (Lipinski definition) is 1. The van der Waals surface area contributed by atoms with Crippen molar-refractivity contribution in [3.05, 3.63) is 65.3 Å². The lowest BCUT2D eigenvalue weighted by molar-refractivity contribution is 0.0927. The number of anilines is 1. The summed E-state index contributed by atoms with van der Waals surface area (Å²) in [6.45, 7) is 3.46. The van der Waals surface area contributed by atoms with Crippen LogP contribution in [-0.4, -0.2) is 44.6 Å². The summed E-state index contributed by atoms with van der Waals surface area (Å²) in [6, 6.07) is 11.0. The molecule has 1 atom stereocenters. The van der Waals surface area contributed by atoms with Crippen LogP contribution in [0.4, 0.5) is 5.82 Å². The Hall–Kier alpha value is -3.39. The maximum absolute atomic E-state index is 12.6. The minimum absolute atomic E-state index is 0.0149. The second kappa shape index (κ2) is 7.46. The van der Waals surface area contributed by atoms with Gasteiger partial charge in [0.1, 0.15) is 0 Å². The molecule has 5 rings (SSSR count). The number of nitrogens with zero attached hydrogens (tertiary/aromatic N) is 5. The van der Waals surface area contributed by atoms with E-state index in [-0.39, 0.29) is 23.7 Å². The summed E-state index contributed by atoms with van der Waals surface area (Å²) in [4.78, 5) is 23.7. The van der Waals surface area contributed by atoms with Gasteiger partial charge in [-0.05, 0) is 49.7 Å². The van der Waals surface area contributed by atoms with Crippen LogP contribution in [0.1, 0.15) is 22.7 Å². The summed E-state index contributed by atoms with van der Waals surface area (Å²) in [5.41, 5.74) is 2.71. The van der Waals surface area contributed by atoms with Crippen molar-refractivity contribution in [1.29, 1.82) is 0 Å². The van der Waals surface area contributed by atoms with Crippen LogP contribution in [-0.2, 0) is 0 Å². The number of aryl methyl sites for hydroxylation is 1. The summed E-state index contributed by atoms with van der Waals surface area (Å²) in [7, 11) is 0. The van der Waals surface area contributed by atoms with Gasteiger partial charge in [-0.15, -0.1) is 0 Å². The minimum Gasteiger partial charge on any atom is -0.353 e. The van der Waals surface area contributed by atoms with Gasteiger partial charge in [0.25, 0.3) is 17.6 Å². The number of rotatable bonds is 4. The van der Waals surface area contributed by atoms with Crippen molar-refractivity contribution in [2.45, 2.75) is 19.4 Å². The highest BCUT2D eigenvalue weighted by Gasteiger charge is 2.28. The molecule has 0 saturated carbocycles. The third-order valence-corrected chi connectivity index (χ3v) is 5.41. The molecule has 1 saturated heterocycles. The van der Waals surface area contributed by atoms with Crippen molar-refractivity contribution in [1.82, 2.24) is 24.8 Å². The van der Waals surface area contributed by atoms with Gasteiger partial charge in [0.05, 0.1) is 11.2 Å². The van der Waals surface area contributed by atoms with Gasteiger partial charge in [-0.25, -0.2) is 4.98 Å². The number of carbonyl (C=O) groups excluding carboxylic acids is 1.